The van der Waals surface area contributed by atoms with Crippen LogP contribution in [0.15, 0.2) is 0 Å². The summed E-state index contributed by atoms with van der Waals surface area (Å²) in [4.78, 5) is 2.60. The quantitative estimate of drug-likeness (QED) is 0.719. The lowest BCUT2D eigenvalue weighted by Crippen LogP contribution is -2.46. The minimum absolute atomic E-state index is 0.708. The summed E-state index contributed by atoms with van der Waals surface area (Å²) in [6.07, 6.45) is 6.90. The van der Waals surface area contributed by atoms with Crippen molar-refractivity contribution in [2.24, 2.45) is 17.8 Å². The first-order valence-corrected chi connectivity index (χ1v) is 8.91. The Hall–Kier alpha value is -0.0800. The van der Waals surface area contributed by atoms with Crippen LogP contribution in [-0.2, 0) is 0 Å². The Kier molecular flexibility index (Phi) is 8.13. The van der Waals surface area contributed by atoms with Crippen LogP contribution in [0.5, 0.6) is 0 Å². The zero-order chi connectivity index (χ0) is 15.1. The van der Waals surface area contributed by atoms with Gasteiger partial charge in [-0.1, -0.05) is 34.1 Å². The molecule has 4 unspecified atom stereocenters. The second-order valence-electron chi connectivity index (χ2n) is 7.43. The van der Waals surface area contributed by atoms with Gasteiger partial charge in [-0.15, -0.1) is 0 Å². The van der Waals surface area contributed by atoms with Crippen molar-refractivity contribution in [3.05, 3.63) is 0 Å². The number of hydrogen-bond donors (Lipinski definition) is 1. The Bertz CT molecular complexity index is 252. The molecule has 2 nitrogen and oxygen atoms in total. The Morgan fingerprint density at radius 2 is 1.85 bits per heavy atom. The van der Waals surface area contributed by atoms with Crippen LogP contribution in [0, 0.1) is 17.8 Å². The zero-order valence-corrected chi connectivity index (χ0v) is 14.8. The summed E-state index contributed by atoms with van der Waals surface area (Å²) >= 11 is 0. The molecule has 0 amide bonds. The van der Waals surface area contributed by atoms with Gasteiger partial charge in [0.15, 0.2) is 0 Å². The third-order valence-electron chi connectivity index (χ3n) is 5.22. The molecule has 0 radical (unpaired) electrons. The molecule has 0 heterocycles. The van der Waals surface area contributed by atoms with E-state index in [0.717, 1.165) is 30.3 Å². The fraction of sp³-hybridized carbons (Fsp3) is 1.00. The van der Waals surface area contributed by atoms with Crippen molar-refractivity contribution in [2.75, 3.05) is 20.1 Å². The van der Waals surface area contributed by atoms with Gasteiger partial charge in [-0.2, -0.15) is 0 Å². The van der Waals surface area contributed by atoms with Gasteiger partial charge in [0.25, 0.3) is 0 Å². The van der Waals surface area contributed by atoms with E-state index in [-0.39, 0.29) is 0 Å². The molecule has 1 fully saturated rings. The van der Waals surface area contributed by atoms with Crippen LogP contribution in [0.2, 0.25) is 0 Å². The van der Waals surface area contributed by atoms with Gasteiger partial charge in [-0.25, -0.2) is 0 Å². The molecule has 4 atom stereocenters. The number of hydrogen-bond acceptors (Lipinski definition) is 2. The lowest BCUT2D eigenvalue weighted by Gasteiger charge is -2.40. The van der Waals surface area contributed by atoms with E-state index < -0.39 is 0 Å². The molecule has 0 bridgehead atoms. The standard InChI is InChI=1S/C18H38N2/c1-7-16-9-10-18(19-8-2)17(12-16)13-20(6)15(5)11-14(3)4/h14-19H,7-13H2,1-6H3. The van der Waals surface area contributed by atoms with Crippen molar-refractivity contribution in [3.8, 4) is 0 Å². The largest absolute Gasteiger partial charge is 0.314 e. The second kappa shape index (κ2) is 9.04. The molecule has 0 saturated heterocycles. The molecule has 0 aromatic heterocycles. The monoisotopic (exact) mass is 282 g/mol. The van der Waals surface area contributed by atoms with Gasteiger partial charge in [0.2, 0.25) is 0 Å². The molecular formula is C18H38N2. The van der Waals surface area contributed by atoms with E-state index in [2.05, 4.69) is 51.9 Å². The number of rotatable bonds is 8. The molecule has 120 valence electrons. The maximum atomic E-state index is 3.74. The smallest absolute Gasteiger partial charge is 0.0108 e. The maximum Gasteiger partial charge on any atom is 0.0108 e. The predicted molar refractivity (Wildman–Crippen MR) is 90.1 cm³/mol. The van der Waals surface area contributed by atoms with Crippen molar-refractivity contribution in [3.63, 3.8) is 0 Å². The molecule has 0 aromatic rings. The maximum absolute atomic E-state index is 3.74. The highest BCUT2D eigenvalue weighted by Crippen LogP contribution is 2.32. The van der Waals surface area contributed by atoms with Gasteiger partial charge < -0.3 is 10.2 Å². The van der Waals surface area contributed by atoms with Crippen LogP contribution in [0.1, 0.15) is 66.7 Å². The molecular weight excluding hydrogens is 244 g/mol. The molecule has 0 aromatic carbocycles. The van der Waals surface area contributed by atoms with Crippen LogP contribution < -0.4 is 5.32 Å². The van der Waals surface area contributed by atoms with E-state index in [9.17, 15) is 0 Å². The summed E-state index contributed by atoms with van der Waals surface area (Å²) in [5.74, 6) is 2.60. The summed E-state index contributed by atoms with van der Waals surface area (Å²) in [6, 6.07) is 1.45. The van der Waals surface area contributed by atoms with E-state index in [1.807, 2.05) is 0 Å². The highest BCUT2D eigenvalue weighted by atomic mass is 15.1. The number of nitrogens with one attached hydrogen (secondary N) is 1. The van der Waals surface area contributed by atoms with E-state index in [4.69, 9.17) is 0 Å². The van der Waals surface area contributed by atoms with Crippen LogP contribution in [0.4, 0.5) is 0 Å². The van der Waals surface area contributed by atoms with Crippen LogP contribution >= 0.6 is 0 Å². The SMILES string of the molecule is CCNC1CCC(CC)CC1CN(C)C(C)CC(C)C. The normalized spacial score (nSPS) is 29.1. The highest BCUT2D eigenvalue weighted by molar-refractivity contribution is 4.86. The highest BCUT2D eigenvalue weighted by Gasteiger charge is 2.30. The molecule has 20 heavy (non-hydrogen) atoms. The topological polar surface area (TPSA) is 15.3 Å². The molecule has 0 aliphatic heterocycles. The third-order valence-corrected chi connectivity index (χ3v) is 5.22. The minimum Gasteiger partial charge on any atom is -0.314 e. The fourth-order valence-electron chi connectivity index (χ4n) is 3.88. The van der Waals surface area contributed by atoms with Crippen LogP contribution in [0.3, 0.4) is 0 Å². The molecule has 1 aliphatic carbocycles. The van der Waals surface area contributed by atoms with Crippen molar-refractivity contribution >= 4 is 0 Å². The van der Waals surface area contributed by atoms with Crippen LogP contribution in [0.25, 0.3) is 0 Å². The first-order valence-electron chi connectivity index (χ1n) is 8.91. The van der Waals surface area contributed by atoms with Gasteiger partial charge >= 0.3 is 0 Å². The van der Waals surface area contributed by atoms with Gasteiger partial charge in [0, 0.05) is 18.6 Å². The van der Waals surface area contributed by atoms with Crippen molar-refractivity contribution in [2.45, 2.75) is 78.8 Å². The van der Waals surface area contributed by atoms with E-state index >= 15 is 0 Å². The average Bonchev–Trinajstić information content (AvgIpc) is 2.40. The predicted octanol–water partition coefficient (Wildman–Crippen LogP) is 4.16. The van der Waals surface area contributed by atoms with Gasteiger partial charge in [-0.3, -0.25) is 0 Å². The minimum atomic E-state index is 0.708. The van der Waals surface area contributed by atoms with E-state index in [0.29, 0.717) is 6.04 Å². The van der Waals surface area contributed by atoms with Gasteiger partial charge in [-0.05, 0) is 64.0 Å². The summed E-state index contributed by atoms with van der Waals surface area (Å²) in [5.41, 5.74) is 0. The molecule has 0 spiro atoms. The first kappa shape index (κ1) is 18.0. The van der Waals surface area contributed by atoms with E-state index in [1.165, 1.54) is 38.6 Å². The first-order chi connectivity index (χ1) is 9.47. The lowest BCUT2D eigenvalue weighted by molar-refractivity contribution is 0.126. The zero-order valence-electron chi connectivity index (χ0n) is 14.8. The second-order valence-corrected chi connectivity index (χ2v) is 7.43. The number of nitrogens with zero attached hydrogens (tertiary/aromatic N) is 1. The Morgan fingerprint density at radius 3 is 2.40 bits per heavy atom. The Labute approximate surface area is 127 Å². The molecule has 1 rings (SSSR count). The summed E-state index contributed by atoms with van der Waals surface area (Å²) < 4.78 is 0. The summed E-state index contributed by atoms with van der Waals surface area (Å²) in [5, 5.41) is 3.74. The molecule has 2 heteroatoms. The lowest BCUT2D eigenvalue weighted by atomic mass is 9.76. The van der Waals surface area contributed by atoms with Crippen molar-refractivity contribution in [1.82, 2.24) is 10.2 Å². The molecule has 1 saturated carbocycles. The summed E-state index contributed by atoms with van der Waals surface area (Å²) in [6.45, 7) is 14.0. The van der Waals surface area contributed by atoms with Crippen LogP contribution in [-0.4, -0.2) is 37.1 Å². The van der Waals surface area contributed by atoms with Gasteiger partial charge in [0.05, 0.1) is 0 Å². The molecule has 1 aliphatic rings. The van der Waals surface area contributed by atoms with Crippen molar-refractivity contribution in [1.29, 1.82) is 0 Å². The Balaban J connectivity index is 2.54. The summed E-state index contributed by atoms with van der Waals surface area (Å²) in [7, 11) is 2.33. The van der Waals surface area contributed by atoms with E-state index in [1.54, 1.807) is 0 Å². The van der Waals surface area contributed by atoms with Crippen molar-refractivity contribution < 1.29 is 0 Å². The third kappa shape index (κ3) is 5.73. The fourth-order valence-corrected chi connectivity index (χ4v) is 3.88. The molecule has 1 N–H and O–H groups in total. The van der Waals surface area contributed by atoms with Gasteiger partial charge in [0.1, 0.15) is 0 Å². The Morgan fingerprint density at radius 1 is 1.15 bits per heavy atom. The average molecular weight is 283 g/mol.